The van der Waals surface area contributed by atoms with Gasteiger partial charge in [-0.1, -0.05) is 92.5 Å². The highest BCUT2D eigenvalue weighted by atomic mass is 35.5. The normalized spacial score (nSPS) is 20.1. The Balaban J connectivity index is 0.776. The van der Waals surface area contributed by atoms with E-state index in [9.17, 15) is 14.9 Å². The van der Waals surface area contributed by atoms with Crippen LogP contribution in [-0.4, -0.2) is 117 Å². The van der Waals surface area contributed by atoms with Gasteiger partial charge in [0.25, 0.3) is 5.91 Å². The summed E-state index contributed by atoms with van der Waals surface area (Å²) in [5.41, 5.74) is 0.892. The minimum atomic E-state index is -1.83. The summed E-state index contributed by atoms with van der Waals surface area (Å²) in [7, 11) is 5.43. The van der Waals surface area contributed by atoms with Crippen LogP contribution in [0.25, 0.3) is 11.3 Å². The number of aromatic nitrogens is 4. The molecule has 1 aliphatic carbocycles. The van der Waals surface area contributed by atoms with E-state index in [-0.39, 0.29) is 69.9 Å². The number of rotatable bonds is 23. The maximum absolute atomic E-state index is 16.2. The molecule has 4 N–H and O–H groups in total. The van der Waals surface area contributed by atoms with Crippen molar-refractivity contribution in [1.82, 2.24) is 30.4 Å². The zero-order valence-electron chi connectivity index (χ0n) is 45.3. The fourth-order valence-electron chi connectivity index (χ4n) is 10.7. The number of halogens is 4. The first-order valence-corrected chi connectivity index (χ1v) is 27.2. The topological polar surface area (TPSA) is 190 Å². The van der Waals surface area contributed by atoms with E-state index >= 15 is 8.78 Å². The van der Waals surface area contributed by atoms with Crippen molar-refractivity contribution in [2.45, 2.75) is 95.0 Å². The van der Waals surface area contributed by atoms with Gasteiger partial charge in [0.1, 0.15) is 28.6 Å². The monoisotopic (exact) mass is 1120 g/mol. The average Bonchev–Trinajstić information content (AvgIpc) is 3.51. The van der Waals surface area contributed by atoms with Gasteiger partial charge in [-0.15, -0.1) is 0 Å². The lowest BCUT2D eigenvalue weighted by Gasteiger charge is -2.37. The van der Waals surface area contributed by atoms with Gasteiger partial charge in [-0.3, -0.25) is 9.59 Å². The van der Waals surface area contributed by atoms with Crippen LogP contribution in [-0.2, 0) is 31.0 Å². The summed E-state index contributed by atoms with van der Waals surface area (Å²) in [5.74, 6) is -2.25. The third-order valence-electron chi connectivity index (χ3n) is 14.3. The molecule has 0 spiro atoms. The Kier molecular flexibility index (Phi) is 19.6. The van der Waals surface area contributed by atoms with Gasteiger partial charge < -0.3 is 45.1 Å². The molecular formula is C59H68Cl2F2N10O6. The molecule has 2 amide bonds. The summed E-state index contributed by atoms with van der Waals surface area (Å²) >= 11 is 12.5. The maximum atomic E-state index is 16.2. The van der Waals surface area contributed by atoms with Crippen molar-refractivity contribution in [2.75, 3.05) is 76.3 Å². The molecule has 418 valence electrons. The van der Waals surface area contributed by atoms with E-state index < -0.39 is 52.3 Å². The summed E-state index contributed by atoms with van der Waals surface area (Å²) < 4.78 is 57.5. The van der Waals surface area contributed by atoms with Crippen molar-refractivity contribution < 1.29 is 37.3 Å². The molecule has 20 heteroatoms. The van der Waals surface area contributed by atoms with E-state index in [4.69, 9.17) is 52.2 Å². The first kappa shape index (κ1) is 58.4. The van der Waals surface area contributed by atoms with Crippen molar-refractivity contribution in [3.8, 4) is 23.1 Å². The second-order valence-electron chi connectivity index (χ2n) is 21.2. The van der Waals surface area contributed by atoms with Crippen LogP contribution in [0, 0.1) is 28.4 Å². The van der Waals surface area contributed by atoms with Gasteiger partial charge >= 0.3 is 0 Å². The number of carbonyl (C=O) groups excluding carboxylic acids is 2. The van der Waals surface area contributed by atoms with Gasteiger partial charge in [-0.2, -0.15) is 10.4 Å². The number of carbonyl (C=O) groups is 2. The van der Waals surface area contributed by atoms with Crippen molar-refractivity contribution in [1.29, 1.82) is 5.26 Å². The standard InChI is InChI=1S/C59H68Cl2F2N10O6/c1-58(2,3)33-50-59(36-64,44-21-16-39(60)32-46(44)62)51(42-13-10-14-45(61)52(42)63)53(71-50)55(75)69-48-31-38(15-22-49(48)76-6)54(74)65-25-26-77-27-28-78-29-30-79-41-19-17-40(18-20-41)68-57-66-24-23-47(70-57)43-34-67-73(56(43)72(4)5)35-37-11-8-7-9-12-37/h7-16,21-24,31-32,34,40-41,50-51,53,71H,17-20,25-30,33,35H2,1-6H3,(H,65,74)(H,69,75)(H,66,68,70)/t40-,41-,50-,51-,53+,59-/m0/s1. The molecule has 8 rings (SSSR count). The molecule has 3 heterocycles. The largest absolute Gasteiger partial charge is 0.495 e. The molecule has 1 saturated carbocycles. The molecule has 0 bridgehead atoms. The molecule has 2 aliphatic rings. The van der Waals surface area contributed by atoms with Gasteiger partial charge in [0.05, 0.1) is 93.1 Å². The van der Waals surface area contributed by atoms with Crippen LogP contribution in [0.4, 0.5) is 26.2 Å². The average molecular weight is 1120 g/mol. The quantitative estimate of drug-likeness (QED) is 0.0444. The lowest BCUT2D eigenvalue weighted by molar-refractivity contribution is -0.118. The number of anilines is 3. The molecule has 0 unspecified atom stereocenters. The second-order valence-corrected chi connectivity index (χ2v) is 22.1. The summed E-state index contributed by atoms with van der Waals surface area (Å²) in [6.07, 6.45) is 7.71. The zero-order chi connectivity index (χ0) is 56.3. The van der Waals surface area contributed by atoms with Crippen molar-refractivity contribution in [2.24, 2.45) is 5.41 Å². The number of amides is 2. The Morgan fingerprint density at radius 3 is 2.38 bits per heavy atom. The molecule has 2 aromatic heterocycles. The summed E-state index contributed by atoms with van der Waals surface area (Å²) in [6.45, 7) is 8.45. The molecule has 6 aromatic rings. The van der Waals surface area contributed by atoms with Crippen LogP contribution in [0.2, 0.25) is 10.0 Å². The molecule has 0 radical (unpaired) electrons. The zero-order valence-corrected chi connectivity index (χ0v) is 46.8. The van der Waals surface area contributed by atoms with Crippen molar-refractivity contribution in [3.63, 3.8) is 0 Å². The SMILES string of the molecule is COc1ccc(C(=O)NCCOCCOCCO[C@H]2CC[C@H](Nc3nccc(-c4cnn(Cc5ccccc5)c4N(C)C)n3)CC2)cc1NC(=O)[C@@H]1N[C@@H](CC(C)(C)C)[C@](C#N)(c2ccc(Cl)cc2F)[C@H]1c1cccc(Cl)c1F. The highest BCUT2D eigenvalue weighted by Crippen LogP contribution is 2.53. The summed E-state index contributed by atoms with van der Waals surface area (Å²) in [4.78, 5) is 39.5. The van der Waals surface area contributed by atoms with E-state index in [1.807, 2.05) is 70.0 Å². The van der Waals surface area contributed by atoms with E-state index in [1.54, 1.807) is 12.3 Å². The van der Waals surface area contributed by atoms with E-state index in [0.717, 1.165) is 48.8 Å². The highest BCUT2D eigenvalue weighted by molar-refractivity contribution is 6.31. The van der Waals surface area contributed by atoms with E-state index in [0.29, 0.717) is 38.9 Å². The summed E-state index contributed by atoms with van der Waals surface area (Å²) in [6, 6.07) is 25.4. The predicted octanol–water partition coefficient (Wildman–Crippen LogP) is 10.2. The van der Waals surface area contributed by atoms with Crippen LogP contribution in [0.15, 0.2) is 103 Å². The number of ether oxygens (including phenoxy) is 4. The third kappa shape index (κ3) is 14.2. The molecule has 4 atom stereocenters. The van der Waals surface area contributed by atoms with Crippen LogP contribution in [0.5, 0.6) is 5.75 Å². The van der Waals surface area contributed by atoms with Crippen LogP contribution in [0.3, 0.4) is 0 Å². The number of methoxy groups -OCH3 is 1. The lowest BCUT2D eigenvalue weighted by atomic mass is 9.62. The minimum absolute atomic E-state index is 0.0487. The first-order valence-electron chi connectivity index (χ1n) is 26.5. The molecule has 4 aromatic carbocycles. The second kappa shape index (κ2) is 26.5. The molecular weight excluding hydrogens is 1050 g/mol. The Labute approximate surface area is 470 Å². The third-order valence-corrected chi connectivity index (χ3v) is 14.8. The number of benzene rings is 4. The van der Waals surface area contributed by atoms with Crippen LogP contribution in [0.1, 0.15) is 85.8 Å². The van der Waals surface area contributed by atoms with E-state index in [2.05, 4.69) is 49.4 Å². The smallest absolute Gasteiger partial charge is 0.251 e. The van der Waals surface area contributed by atoms with Crippen LogP contribution < -0.4 is 30.9 Å². The fourth-order valence-corrected chi connectivity index (χ4v) is 11.0. The van der Waals surface area contributed by atoms with Gasteiger partial charge in [0.2, 0.25) is 11.9 Å². The van der Waals surface area contributed by atoms with Crippen LogP contribution >= 0.6 is 23.2 Å². The molecule has 79 heavy (non-hydrogen) atoms. The lowest BCUT2D eigenvalue weighted by Crippen LogP contribution is -2.45. The fraction of sp³-hybridized carbons (Fsp3) is 0.424. The predicted molar refractivity (Wildman–Crippen MR) is 302 cm³/mol. The molecule has 2 fully saturated rings. The Morgan fingerprint density at radius 2 is 1.67 bits per heavy atom. The first-order chi connectivity index (χ1) is 38.0. The minimum Gasteiger partial charge on any atom is -0.495 e. The number of hydrogen-bond donors (Lipinski definition) is 4. The molecule has 1 saturated heterocycles. The molecule has 1 aliphatic heterocycles. The number of nitriles is 1. The Hall–Kier alpha value is -6.72. The Bertz CT molecular complexity index is 3090. The number of hydrogen-bond acceptors (Lipinski definition) is 13. The number of nitrogens with zero attached hydrogens (tertiary/aromatic N) is 6. The van der Waals surface area contributed by atoms with E-state index in [1.165, 1.54) is 55.1 Å². The van der Waals surface area contributed by atoms with Crippen molar-refractivity contribution >= 4 is 52.5 Å². The maximum Gasteiger partial charge on any atom is 0.251 e. The number of nitrogens with one attached hydrogen (secondary N) is 4. The summed E-state index contributed by atoms with van der Waals surface area (Å²) in [5, 5.41) is 28.3. The van der Waals surface area contributed by atoms with Gasteiger partial charge in [0.15, 0.2) is 0 Å². The van der Waals surface area contributed by atoms with Gasteiger partial charge in [-0.25, -0.2) is 23.4 Å². The van der Waals surface area contributed by atoms with Gasteiger partial charge in [-0.05, 0) is 91.1 Å². The highest BCUT2D eigenvalue weighted by Gasteiger charge is 2.61. The molecule has 16 nitrogen and oxygen atoms in total. The van der Waals surface area contributed by atoms with Gasteiger partial charge in [0, 0.05) is 61.0 Å². The Morgan fingerprint density at radius 1 is 0.924 bits per heavy atom. The van der Waals surface area contributed by atoms with Crippen molar-refractivity contribution in [3.05, 3.63) is 147 Å².